The van der Waals surface area contributed by atoms with Gasteiger partial charge in [0.15, 0.2) is 0 Å². The Kier molecular flexibility index (Phi) is 7.02. The summed E-state index contributed by atoms with van der Waals surface area (Å²) in [5.74, 6) is -0.0375. The van der Waals surface area contributed by atoms with Gasteiger partial charge in [0.1, 0.15) is 0 Å². The van der Waals surface area contributed by atoms with Gasteiger partial charge in [-0.25, -0.2) is 0 Å². The van der Waals surface area contributed by atoms with Crippen LogP contribution in [0.1, 0.15) is 11.1 Å². The fourth-order valence-electron chi connectivity index (χ4n) is 4.10. The van der Waals surface area contributed by atoms with Crippen LogP contribution in [0.25, 0.3) is 0 Å². The van der Waals surface area contributed by atoms with Crippen LogP contribution in [0.4, 0.5) is 17.1 Å². The van der Waals surface area contributed by atoms with Crippen molar-refractivity contribution in [1.82, 2.24) is 9.88 Å². The van der Waals surface area contributed by atoms with Crippen LogP contribution < -0.4 is 15.1 Å². The molecule has 166 valence electrons. The van der Waals surface area contributed by atoms with E-state index in [0.717, 1.165) is 43.1 Å². The van der Waals surface area contributed by atoms with Crippen molar-refractivity contribution in [3.63, 3.8) is 0 Å². The summed E-state index contributed by atoms with van der Waals surface area (Å²) < 4.78 is 0. The third-order valence-electron chi connectivity index (χ3n) is 5.88. The number of para-hydroxylation sites is 1. The number of nitrogens with one attached hydrogen (secondary N) is 1. The molecule has 0 unspecified atom stereocenters. The molecule has 1 aliphatic rings. The molecule has 1 aromatic heterocycles. The average molecular weight is 430 g/mol. The molecular formula is C26H31N5O. The molecule has 4 rings (SSSR count). The minimum Gasteiger partial charge on any atom is -0.369 e. The molecular weight excluding hydrogens is 398 g/mol. The number of amides is 1. The van der Waals surface area contributed by atoms with Gasteiger partial charge in [0, 0.05) is 62.2 Å². The molecule has 1 saturated heterocycles. The van der Waals surface area contributed by atoms with E-state index in [1.54, 1.807) is 6.20 Å². The van der Waals surface area contributed by atoms with Crippen molar-refractivity contribution in [1.29, 1.82) is 0 Å². The van der Waals surface area contributed by atoms with Crippen molar-refractivity contribution >= 4 is 23.0 Å². The number of likely N-dealkylation sites (N-methyl/N-ethyl adjacent to an activating group) is 1. The van der Waals surface area contributed by atoms with Gasteiger partial charge in [-0.3, -0.25) is 9.78 Å². The van der Waals surface area contributed by atoms with Gasteiger partial charge in [-0.2, -0.15) is 0 Å². The monoisotopic (exact) mass is 429 g/mol. The van der Waals surface area contributed by atoms with Gasteiger partial charge in [0.05, 0.1) is 6.54 Å². The predicted octanol–water partition coefficient (Wildman–Crippen LogP) is 3.79. The Morgan fingerprint density at radius 1 is 1.03 bits per heavy atom. The maximum atomic E-state index is 12.9. The number of nitrogens with zero attached hydrogens (tertiary/aromatic N) is 4. The van der Waals surface area contributed by atoms with Crippen LogP contribution in [-0.2, 0) is 11.3 Å². The lowest BCUT2D eigenvalue weighted by Crippen LogP contribution is -2.44. The van der Waals surface area contributed by atoms with Gasteiger partial charge in [0.25, 0.3) is 0 Å². The first-order valence-electron chi connectivity index (χ1n) is 11.1. The highest BCUT2D eigenvalue weighted by Gasteiger charge is 2.17. The van der Waals surface area contributed by atoms with Gasteiger partial charge in [-0.1, -0.05) is 24.3 Å². The molecule has 1 N–H and O–H groups in total. The van der Waals surface area contributed by atoms with Crippen molar-refractivity contribution in [3.05, 3.63) is 84.2 Å². The summed E-state index contributed by atoms with van der Waals surface area (Å²) in [6, 6.07) is 20.2. The second-order valence-corrected chi connectivity index (χ2v) is 8.39. The molecule has 1 aliphatic heterocycles. The Morgan fingerprint density at radius 3 is 2.50 bits per heavy atom. The Hall–Kier alpha value is -3.38. The molecule has 0 radical (unpaired) electrons. The van der Waals surface area contributed by atoms with Crippen molar-refractivity contribution in [3.8, 4) is 0 Å². The Morgan fingerprint density at radius 2 is 1.81 bits per heavy atom. The minimum absolute atomic E-state index is 0.0375. The van der Waals surface area contributed by atoms with E-state index < -0.39 is 0 Å². The minimum atomic E-state index is -0.0375. The molecule has 0 aliphatic carbocycles. The number of hydrogen-bond acceptors (Lipinski definition) is 5. The van der Waals surface area contributed by atoms with Crippen LogP contribution in [0, 0.1) is 6.92 Å². The van der Waals surface area contributed by atoms with Crippen molar-refractivity contribution < 1.29 is 4.79 Å². The quantitative estimate of drug-likeness (QED) is 0.619. The SMILES string of the molecule is Cc1cc(NC(=O)CN(Cc2cccnc2)c2ccccc2)ccc1N1CCN(C)CC1. The normalized spacial score (nSPS) is 14.2. The molecule has 0 spiro atoms. The number of aromatic nitrogens is 1. The number of benzene rings is 2. The first-order valence-corrected chi connectivity index (χ1v) is 11.1. The number of aryl methyl sites for hydroxylation is 1. The van der Waals surface area contributed by atoms with Gasteiger partial charge >= 0.3 is 0 Å². The third-order valence-corrected chi connectivity index (χ3v) is 5.88. The molecule has 0 saturated carbocycles. The summed E-state index contributed by atoms with van der Waals surface area (Å²) in [6.45, 7) is 7.20. The van der Waals surface area contributed by atoms with Crippen LogP contribution in [0.3, 0.4) is 0 Å². The number of hydrogen-bond donors (Lipinski definition) is 1. The van der Waals surface area contributed by atoms with Gasteiger partial charge in [0.2, 0.25) is 5.91 Å². The lowest BCUT2D eigenvalue weighted by atomic mass is 10.1. The average Bonchev–Trinajstić information content (AvgIpc) is 2.81. The highest BCUT2D eigenvalue weighted by molar-refractivity contribution is 5.94. The number of carbonyl (C=O) groups excluding carboxylic acids is 1. The van der Waals surface area contributed by atoms with E-state index >= 15 is 0 Å². The second kappa shape index (κ2) is 10.3. The molecule has 2 aromatic carbocycles. The van der Waals surface area contributed by atoms with Gasteiger partial charge in [-0.05, 0) is 61.5 Å². The van der Waals surface area contributed by atoms with Crippen LogP contribution >= 0.6 is 0 Å². The molecule has 2 heterocycles. The standard InChI is InChI=1S/C26H31N5O/c1-21-17-23(10-11-25(21)30-15-13-29(2)14-16-30)28-26(32)20-31(24-8-4-3-5-9-24)19-22-7-6-12-27-18-22/h3-12,17-18H,13-16,19-20H2,1-2H3,(H,28,32). The summed E-state index contributed by atoms with van der Waals surface area (Å²) in [4.78, 5) is 24.0. The zero-order valence-electron chi connectivity index (χ0n) is 18.9. The summed E-state index contributed by atoms with van der Waals surface area (Å²) in [5, 5.41) is 3.08. The maximum Gasteiger partial charge on any atom is 0.243 e. The van der Waals surface area contributed by atoms with Crippen LogP contribution in [0.5, 0.6) is 0 Å². The van der Waals surface area contributed by atoms with Gasteiger partial charge < -0.3 is 20.0 Å². The molecule has 1 fully saturated rings. The number of anilines is 3. The Balaban J connectivity index is 1.43. The molecule has 6 nitrogen and oxygen atoms in total. The number of piperazine rings is 1. The fourth-order valence-corrected chi connectivity index (χ4v) is 4.10. The topological polar surface area (TPSA) is 51.7 Å². The molecule has 32 heavy (non-hydrogen) atoms. The van der Waals surface area contributed by atoms with Crippen LogP contribution in [-0.4, -0.2) is 55.6 Å². The molecule has 1 amide bonds. The van der Waals surface area contributed by atoms with Crippen molar-refractivity contribution in [2.24, 2.45) is 0 Å². The highest BCUT2D eigenvalue weighted by atomic mass is 16.2. The smallest absolute Gasteiger partial charge is 0.243 e. The van der Waals surface area contributed by atoms with E-state index in [1.165, 1.54) is 11.3 Å². The van der Waals surface area contributed by atoms with E-state index in [0.29, 0.717) is 6.54 Å². The highest BCUT2D eigenvalue weighted by Crippen LogP contribution is 2.25. The molecule has 6 heteroatoms. The zero-order valence-corrected chi connectivity index (χ0v) is 18.9. The van der Waals surface area contributed by atoms with Crippen LogP contribution in [0.2, 0.25) is 0 Å². The second-order valence-electron chi connectivity index (χ2n) is 8.39. The van der Waals surface area contributed by atoms with E-state index in [2.05, 4.69) is 51.1 Å². The lowest BCUT2D eigenvalue weighted by Gasteiger charge is -2.35. The summed E-state index contributed by atoms with van der Waals surface area (Å²) >= 11 is 0. The largest absolute Gasteiger partial charge is 0.369 e. The number of rotatable bonds is 7. The van der Waals surface area contributed by atoms with Crippen LogP contribution in [0.15, 0.2) is 73.1 Å². The molecule has 0 atom stereocenters. The van der Waals surface area contributed by atoms with E-state index in [9.17, 15) is 4.79 Å². The third kappa shape index (κ3) is 5.65. The lowest BCUT2D eigenvalue weighted by molar-refractivity contribution is -0.115. The maximum absolute atomic E-state index is 12.9. The summed E-state index contributed by atoms with van der Waals surface area (Å²) in [7, 11) is 2.16. The summed E-state index contributed by atoms with van der Waals surface area (Å²) in [5.41, 5.74) is 5.34. The number of pyridine rings is 1. The Labute approximate surface area is 190 Å². The van der Waals surface area contributed by atoms with Gasteiger partial charge in [-0.15, -0.1) is 0 Å². The zero-order chi connectivity index (χ0) is 22.3. The van der Waals surface area contributed by atoms with E-state index in [1.807, 2.05) is 54.7 Å². The molecule has 0 bridgehead atoms. The fraction of sp³-hybridized carbons (Fsp3) is 0.308. The summed E-state index contributed by atoms with van der Waals surface area (Å²) in [6.07, 6.45) is 3.60. The molecule has 3 aromatic rings. The van der Waals surface area contributed by atoms with Crippen molar-refractivity contribution in [2.45, 2.75) is 13.5 Å². The number of carbonyl (C=O) groups is 1. The Bertz CT molecular complexity index is 1020. The van der Waals surface area contributed by atoms with E-state index in [4.69, 9.17) is 0 Å². The predicted molar refractivity (Wildman–Crippen MR) is 131 cm³/mol. The van der Waals surface area contributed by atoms with E-state index in [-0.39, 0.29) is 12.5 Å². The van der Waals surface area contributed by atoms with Crippen molar-refractivity contribution in [2.75, 3.05) is 54.9 Å². The first-order chi connectivity index (χ1) is 15.6. The first kappa shape index (κ1) is 21.8.